The Balaban J connectivity index is 2.37. The van der Waals surface area contributed by atoms with Crippen LogP contribution in [0.2, 0.25) is 5.02 Å². The predicted octanol–water partition coefficient (Wildman–Crippen LogP) is 3.88. The molecule has 0 atom stereocenters. The van der Waals surface area contributed by atoms with E-state index in [1.54, 1.807) is 0 Å². The molecule has 0 aliphatic heterocycles. The van der Waals surface area contributed by atoms with Gasteiger partial charge in [0.05, 0.1) is 22.3 Å². The number of carbonyl (C=O) groups is 1. The van der Waals surface area contributed by atoms with Gasteiger partial charge in [-0.05, 0) is 18.2 Å². The molecule has 2 rings (SSSR count). The molecule has 21 heavy (non-hydrogen) atoms. The van der Waals surface area contributed by atoms with Crippen molar-refractivity contribution in [3.63, 3.8) is 0 Å². The zero-order chi connectivity index (χ0) is 15.6. The fourth-order valence-corrected chi connectivity index (χ4v) is 1.80. The van der Waals surface area contributed by atoms with Gasteiger partial charge in [0.1, 0.15) is 23.0 Å². The molecule has 0 heterocycles. The van der Waals surface area contributed by atoms with Gasteiger partial charge in [0.15, 0.2) is 0 Å². The second-order valence-electron chi connectivity index (χ2n) is 4.00. The summed E-state index contributed by atoms with van der Waals surface area (Å²) in [5.74, 6) is -4.94. The number of rotatable bonds is 2. The number of hydrogen-bond acceptors (Lipinski definition) is 2. The SMILES string of the molecule is N#Cc1ccc(Cl)c(NC(=O)c2c(F)cc(F)cc2F)c1. The van der Waals surface area contributed by atoms with Gasteiger partial charge in [0, 0.05) is 12.1 Å². The minimum absolute atomic E-state index is 0.0174. The van der Waals surface area contributed by atoms with E-state index in [0.717, 1.165) is 0 Å². The first-order chi connectivity index (χ1) is 9.92. The first kappa shape index (κ1) is 14.9. The van der Waals surface area contributed by atoms with Gasteiger partial charge in [0.2, 0.25) is 0 Å². The Bertz CT molecular complexity index is 748. The van der Waals surface area contributed by atoms with Crippen LogP contribution in [0.4, 0.5) is 18.9 Å². The summed E-state index contributed by atoms with van der Waals surface area (Å²) >= 11 is 5.82. The molecular weight excluding hydrogens is 305 g/mol. The van der Waals surface area contributed by atoms with E-state index >= 15 is 0 Å². The highest BCUT2D eigenvalue weighted by Crippen LogP contribution is 2.24. The largest absolute Gasteiger partial charge is 0.320 e. The third-order valence-electron chi connectivity index (χ3n) is 2.58. The second kappa shape index (κ2) is 5.85. The van der Waals surface area contributed by atoms with Crippen LogP contribution in [0.5, 0.6) is 0 Å². The van der Waals surface area contributed by atoms with E-state index in [9.17, 15) is 18.0 Å². The number of halogens is 4. The lowest BCUT2D eigenvalue weighted by Crippen LogP contribution is -2.16. The van der Waals surface area contributed by atoms with Crippen molar-refractivity contribution in [2.75, 3.05) is 5.32 Å². The Kier molecular flexibility index (Phi) is 4.15. The maximum atomic E-state index is 13.5. The Morgan fingerprint density at radius 1 is 1.14 bits per heavy atom. The first-order valence-corrected chi connectivity index (χ1v) is 5.95. The van der Waals surface area contributed by atoms with E-state index in [1.807, 2.05) is 6.07 Å². The molecule has 1 N–H and O–H groups in total. The molecule has 2 aromatic carbocycles. The maximum absolute atomic E-state index is 13.5. The van der Waals surface area contributed by atoms with Crippen molar-refractivity contribution in [1.82, 2.24) is 0 Å². The van der Waals surface area contributed by atoms with Gasteiger partial charge < -0.3 is 5.32 Å². The van der Waals surface area contributed by atoms with E-state index in [1.165, 1.54) is 18.2 Å². The highest BCUT2D eigenvalue weighted by Gasteiger charge is 2.20. The predicted molar refractivity (Wildman–Crippen MR) is 70.4 cm³/mol. The summed E-state index contributed by atoms with van der Waals surface area (Å²) in [6.07, 6.45) is 0. The topological polar surface area (TPSA) is 52.9 Å². The summed E-state index contributed by atoms with van der Waals surface area (Å²) in [5, 5.41) is 11.0. The third kappa shape index (κ3) is 3.15. The van der Waals surface area contributed by atoms with Gasteiger partial charge in [0.25, 0.3) is 5.91 Å². The minimum atomic E-state index is -1.34. The van der Waals surface area contributed by atoms with E-state index in [4.69, 9.17) is 16.9 Å². The molecule has 1 amide bonds. The van der Waals surface area contributed by atoms with Crippen molar-refractivity contribution in [2.45, 2.75) is 0 Å². The van der Waals surface area contributed by atoms with Crippen LogP contribution in [-0.2, 0) is 0 Å². The number of hydrogen-bond donors (Lipinski definition) is 1. The summed E-state index contributed by atoms with van der Waals surface area (Å²) in [6, 6.07) is 6.64. The summed E-state index contributed by atoms with van der Waals surface area (Å²) < 4.78 is 39.8. The van der Waals surface area contributed by atoms with Gasteiger partial charge in [-0.2, -0.15) is 5.26 Å². The Morgan fingerprint density at radius 3 is 2.33 bits per heavy atom. The number of benzene rings is 2. The molecule has 7 heteroatoms. The molecule has 106 valence electrons. The number of amides is 1. The van der Waals surface area contributed by atoms with Gasteiger partial charge in [-0.3, -0.25) is 4.79 Å². The summed E-state index contributed by atoms with van der Waals surface area (Å²) in [4.78, 5) is 11.9. The normalized spacial score (nSPS) is 10.0. The van der Waals surface area contributed by atoms with Crippen molar-refractivity contribution in [2.24, 2.45) is 0 Å². The Hall–Kier alpha value is -2.52. The van der Waals surface area contributed by atoms with Crippen LogP contribution in [-0.4, -0.2) is 5.91 Å². The van der Waals surface area contributed by atoms with Crippen LogP contribution in [0, 0.1) is 28.8 Å². The lowest BCUT2D eigenvalue weighted by Gasteiger charge is -2.09. The molecule has 0 aliphatic carbocycles. The number of nitrogens with zero attached hydrogens (tertiary/aromatic N) is 1. The monoisotopic (exact) mass is 310 g/mol. The van der Waals surface area contributed by atoms with Crippen LogP contribution in [0.15, 0.2) is 30.3 Å². The molecule has 0 saturated heterocycles. The van der Waals surface area contributed by atoms with Crippen LogP contribution in [0.1, 0.15) is 15.9 Å². The van der Waals surface area contributed by atoms with E-state index in [2.05, 4.69) is 5.32 Å². The maximum Gasteiger partial charge on any atom is 0.261 e. The number of nitriles is 1. The second-order valence-corrected chi connectivity index (χ2v) is 4.41. The molecule has 0 spiro atoms. The van der Waals surface area contributed by atoms with Crippen LogP contribution in [0.3, 0.4) is 0 Å². The fraction of sp³-hybridized carbons (Fsp3) is 0. The van der Waals surface area contributed by atoms with Crippen molar-refractivity contribution < 1.29 is 18.0 Å². The number of nitrogens with one attached hydrogen (secondary N) is 1. The lowest BCUT2D eigenvalue weighted by atomic mass is 10.1. The molecule has 0 bridgehead atoms. The summed E-state index contributed by atoms with van der Waals surface area (Å²) in [7, 11) is 0. The van der Waals surface area contributed by atoms with E-state index in [-0.39, 0.29) is 16.3 Å². The van der Waals surface area contributed by atoms with Gasteiger partial charge >= 0.3 is 0 Å². The van der Waals surface area contributed by atoms with Gasteiger partial charge in [-0.25, -0.2) is 13.2 Å². The Labute approximate surface area is 122 Å². The Morgan fingerprint density at radius 2 is 1.76 bits per heavy atom. The molecule has 0 fully saturated rings. The van der Waals surface area contributed by atoms with Crippen molar-refractivity contribution >= 4 is 23.2 Å². The van der Waals surface area contributed by atoms with Crippen LogP contribution < -0.4 is 5.32 Å². The zero-order valence-electron chi connectivity index (χ0n) is 10.3. The average molecular weight is 311 g/mol. The molecule has 0 saturated carbocycles. The molecule has 3 nitrogen and oxygen atoms in total. The lowest BCUT2D eigenvalue weighted by molar-refractivity contribution is 0.101. The average Bonchev–Trinajstić information content (AvgIpc) is 2.40. The van der Waals surface area contributed by atoms with Crippen molar-refractivity contribution in [3.05, 3.63) is 63.9 Å². The van der Waals surface area contributed by atoms with E-state index in [0.29, 0.717) is 12.1 Å². The molecule has 0 aliphatic rings. The number of anilines is 1. The van der Waals surface area contributed by atoms with Crippen LogP contribution in [0.25, 0.3) is 0 Å². The highest BCUT2D eigenvalue weighted by molar-refractivity contribution is 6.34. The molecule has 0 unspecified atom stereocenters. The number of carbonyl (C=O) groups excluding carboxylic acids is 1. The van der Waals surface area contributed by atoms with Crippen LogP contribution >= 0.6 is 11.6 Å². The minimum Gasteiger partial charge on any atom is -0.320 e. The smallest absolute Gasteiger partial charge is 0.261 e. The third-order valence-corrected chi connectivity index (χ3v) is 2.91. The van der Waals surface area contributed by atoms with E-state index < -0.39 is 28.9 Å². The van der Waals surface area contributed by atoms with Gasteiger partial charge in [-0.15, -0.1) is 0 Å². The standard InChI is InChI=1S/C14H6ClF3N2O/c15-9-2-1-7(6-19)3-12(9)20-14(21)13-10(17)4-8(16)5-11(13)18/h1-5H,(H,20,21). The molecule has 2 aromatic rings. The highest BCUT2D eigenvalue weighted by atomic mass is 35.5. The molecular formula is C14H6ClF3N2O. The zero-order valence-corrected chi connectivity index (χ0v) is 11.0. The quantitative estimate of drug-likeness (QED) is 0.915. The van der Waals surface area contributed by atoms with Gasteiger partial charge in [-0.1, -0.05) is 11.6 Å². The summed E-state index contributed by atoms with van der Waals surface area (Å²) in [6.45, 7) is 0. The molecule has 0 radical (unpaired) electrons. The molecule has 0 aromatic heterocycles. The van der Waals surface area contributed by atoms with Crippen molar-refractivity contribution in [1.29, 1.82) is 5.26 Å². The summed E-state index contributed by atoms with van der Waals surface area (Å²) in [5.41, 5.74) is -0.714. The fourth-order valence-electron chi connectivity index (χ4n) is 1.63. The van der Waals surface area contributed by atoms with Crippen molar-refractivity contribution in [3.8, 4) is 6.07 Å². The first-order valence-electron chi connectivity index (χ1n) is 5.58.